The van der Waals surface area contributed by atoms with Crippen molar-refractivity contribution < 1.29 is 18.8 Å². The van der Waals surface area contributed by atoms with Crippen molar-refractivity contribution in [3.8, 4) is 11.5 Å². The van der Waals surface area contributed by atoms with Crippen molar-refractivity contribution in [1.82, 2.24) is 0 Å². The van der Waals surface area contributed by atoms with Gasteiger partial charge in [0, 0.05) is 11.5 Å². The van der Waals surface area contributed by atoms with Crippen LogP contribution in [0.4, 0.5) is 0 Å². The Hall–Kier alpha value is -1.20. The van der Waals surface area contributed by atoms with Crippen LogP contribution in [-0.4, -0.2) is 32.5 Å². The van der Waals surface area contributed by atoms with Gasteiger partial charge in [0.25, 0.3) is 0 Å². The predicted molar refractivity (Wildman–Crippen MR) is 75.3 cm³/mol. The van der Waals surface area contributed by atoms with E-state index in [1.807, 2.05) is 45.9 Å². The Morgan fingerprint density at radius 3 is 2.00 bits per heavy atom. The fourth-order valence-electron chi connectivity index (χ4n) is 1.98. The van der Waals surface area contributed by atoms with E-state index < -0.39 is 7.12 Å². The summed E-state index contributed by atoms with van der Waals surface area (Å²) < 4.78 is 22.6. The van der Waals surface area contributed by atoms with Gasteiger partial charge in [-0.25, -0.2) is 0 Å². The molecule has 104 valence electrons. The Bertz CT molecular complexity index is 455. The van der Waals surface area contributed by atoms with Gasteiger partial charge >= 0.3 is 7.12 Å². The summed E-state index contributed by atoms with van der Waals surface area (Å²) in [5, 5.41) is 0. The van der Waals surface area contributed by atoms with Crippen LogP contribution in [0.5, 0.6) is 11.5 Å². The van der Waals surface area contributed by atoms with Crippen LogP contribution in [0, 0.1) is 0 Å². The molecule has 0 unspecified atom stereocenters. The topological polar surface area (TPSA) is 36.9 Å². The molecule has 0 aromatic heterocycles. The van der Waals surface area contributed by atoms with Gasteiger partial charge in [0.15, 0.2) is 0 Å². The first-order valence-electron chi connectivity index (χ1n) is 6.38. The van der Waals surface area contributed by atoms with E-state index in [4.69, 9.17) is 18.8 Å². The first-order chi connectivity index (χ1) is 8.80. The van der Waals surface area contributed by atoms with Crippen LogP contribution >= 0.6 is 0 Å². The number of methoxy groups -OCH3 is 2. The molecule has 5 heteroatoms. The predicted octanol–water partition coefficient (Wildman–Crippen LogP) is 2.00. The molecule has 0 saturated carbocycles. The van der Waals surface area contributed by atoms with Gasteiger partial charge in [-0.05, 0) is 33.8 Å². The summed E-state index contributed by atoms with van der Waals surface area (Å²) in [7, 11) is 2.83. The summed E-state index contributed by atoms with van der Waals surface area (Å²) in [6.07, 6.45) is 0. The average molecular weight is 264 g/mol. The molecule has 0 aliphatic carbocycles. The van der Waals surface area contributed by atoms with Crippen molar-refractivity contribution in [1.29, 1.82) is 0 Å². The SMILES string of the molecule is COc1ccc(B2OC(C)(C)C(C)(C)O2)c(OC)c1. The molecule has 0 spiro atoms. The standard InChI is InChI=1S/C14H21BO4/c1-13(2)14(3,4)19-15(18-13)11-8-7-10(16-5)9-12(11)17-6/h7-9H,1-6H3. The summed E-state index contributed by atoms with van der Waals surface area (Å²) in [5.74, 6) is 1.45. The molecule has 1 aliphatic heterocycles. The molecule has 1 aliphatic rings. The number of ether oxygens (including phenoxy) is 2. The molecule has 0 N–H and O–H groups in total. The molecule has 0 amide bonds. The van der Waals surface area contributed by atoms with E-state index in [-0.39, 0.29) is 11.2 Å². The van der Waals surface area contributed by atoms with E-state index in [1.165, 1.54) is 0 Å². The molecule has 1 aromatic rings. The van der Waals surface area contributed by atoms with Gasteiger partial charge in [-0.2, -0.15) is 0 Å². The first kappa shape index (κ1) is 14.2. The molecule has 19 heavy (non-hydrogen) atoms. The smallest absolute Gasteiger partial charge is 0.497 e. The largest absolute Gasteiger partial charge is 0.498 e. The minimum atomic E-state index is -0.425. The van der Waals surface area contributed by atoms with E-state index in [0.29, 0.717) is 5.75 Å². The number of benzene rings is 1. The molecule has 1 heterocycles. The fourth-order valence-corrected chi connectivity index (χ4v) is 1.98. The lowest BCUT2D eigenvalue weighted by molar-refractivity contribution is 0.00578. The van der Waals surface area contributed by atoms with Crippen molar-refractivity contribution in [2.24, 2.45) is 0 Å². The van der Waals surface area contributed by atoms with Crippen molar-refractivity contribution in [3.05, 3.63) is 18.2 Å². The highest BCUT2D eigenvalue weighted by molar-refractivity contribution is 6.63. The van der Waals surface area contributed by atoms with Gasteiger partial charge in [0.05, 0.1) is 25.4 Å². The minimum Gasteiger partial charge on any atom is -0.497 e. The lowest BCUT2D eigenvalue weighted by atomic mass is 9.78. The second kappa shape index (κ2) is 4.73. The van der Waals surface area contributed by atoms with Crippen molar-refractivity contribution in [3.63, 3.8) is 0 Å². The normalized spacial score (nSPS) is 20.4. The van der Waals surface area contributed by atoms with Gasteiger partial charge in [-0.15, -0.1) is 0 Å². The van der Waals surface area contributed by atoms with Crippen molar-refractivity contribution >= 4 is 12.6 Å². The van der Waals surface area contributed by atoms with Crippen LogP contribution in [-0.2, 0) is 9.31 Å². The molecular formula is C14H21BO4. The molecule has 0 atom stereocenters. The summed E-state index contributed by atoms with van der Waals surface area (Å²) in [5.41, 5.74) is 0.160. The quantitative estimate of drug-likeness (QED) is 0.782. The zero-order valence-electron chi connectivity index (χ0n) is 12.4. The van der Waals surface area contributed by atoms with Crippen LogP contribution in [0.3, 0.4) is 0 Å². The Morgan fingerprint density at radius 1 is 0.947 bits per heavy atom. The Morgan fingerprint density at radius 2 is 1.53 bits per heavy atom. The molecule has 4 nitrogen and oxygen atoms in total. The Labute approximate surface area is 115 Å². The second-order valence-electron chi connectivity index (χ2n) is 5.70. The third kappa shape index (κ3) is 2.45. The summed E-state index contributed by atoms with van der Waals surface area (Å²) in [6.45, 7) is 8.12. The van der Waals surface area contributed by atoms with E-state index in [9.17, 15) is 0 Å². The summed E-state index contributed by atoms with van der Waals surface area (Å²) in [4.78, 5) is 0. The molecular weight excluding hydrogens is 243 g/mol. The molecule has 2 rings (SSSR count). The maximum atomic E-state index is 6.02. The van der Waals surface area contributed by atoms with Crippen molar-refractivity contribution in [2.75, 3.05) is 14.2 Å². The van der Waals surface area contributed by atoms with Gasteiger partial charge in [-0.1, -0.05) is 6.07 Å². The summed E-state index contributed by atoms with van der Waals surface area (Å²) in [6, 6.07) is 5.63. The van der Waals surface area contributed by atoms with Crippen LogP contribution in [0.25, 0.3) is 0 Å². The van der Waals surface area contributed by atoms with Crippen molar-refractivity contribution in [2.45, 2.75) is 38.9 Å². The van der Waals surface area contributed by atoms with Gasteiger partial charge < -0.3 is 18.8 Å². The molecule has 1 saturated heterocycles. The lowest BCUT2D eigenvalue weighted by Gasteiger charge is -2.32. The second-order valence-corrected chi connectivity index (χ2v) is 5.70. The number of rotatable bonds is 3. The van der Waals surface area contributed by atoms with E-state index in [1.54, 1.807) is 14.2 Å². The highest BCUT2D eigenvalue weighted by atomic mass is 16.7. The van der Waals surface area contributed by atoms with Crippen LogP contribution in [0.15, 0.2) is 18.2 Å². The highest BCUT2D eigenvalue weighted by Crippen LogP contribution is 2.37. The zero-order valence-corrected chi connectivity index (χ0v) is 12.4. The average Bonchev–Trinajstić information content (AvgIpc) is 2.57. The lowest BCUT2D eigenvalue weighted by Crippen LogP contribution is -2.41. The van der Waals surface area contributed by atoms with Gasteiger partial charge in [-0.3, -0.25) is 0 Å². The molecule has 0 bridgehead atoms. The van der Waals surface area contributed by atoms with Crippen LogP contribution in [0.2, 0.25) is 0 Å². The number of hydrogen-bond acceptors (Lipinski definition) is 4. The highest BCUT2D eigenvalue weighted by Gasteiger charge is 2.52. The Kier molecular flexibility index (Phi) is 3.54. The third-order valence-corrected chi connectivity index (χ3v) is 3.95. The van der Waals surface area contributed by atoms with Gasteiger partial charge in [0.1, 0.15) is 11.5 Å². The van der Waals surface area contributed by atoms with Crippen LogP contribution < -0.4 is 14.9 Å². The van der Waals surface area contributed by atoms with E-state index >= 15 is 0 Å². The molecule has 0 radical (unpaired) electrons. The number of hydrogen-bond donors (Lipinski definition) is 0. The van der Waals surface area contributed by atoms with Gasteiger partial charge in [0.2, 0.25) is 0 Å². The maximum Gasteiger partial charge on any atom is 0.498 e. The van der Waals surface area contributed by atoms with E-state index in [2.05, 4.69) is 0 Å². The maximum absolute atomic E-state index is 6.02. The molecule has 1 fully saturated rings. The first-order valence-corrected chi connectivity index (χ1v) is 6.38. The third-order valence-electron chi connectivity index (χ3n) is 3.95. The molecule has 1 aromatic carbocycles. The summed E-state index contributed by atoms with van der Waals surface area (Å²) >= 11 is 0. The van der Waals surface area contributed by atoms with E-state index in [0.717, 1.165) is 11.2 Å². The Balaban J connectivity index is 2.34. The monoisotopic (exact) mass is 264 g/mol. The van der Waals surface area contributed by atoms with Crippen LogP contribution in [0.1, 0.15) is 27.7 Å². The zero-order chi connectivity index (χ0) is 14.3. The fraction of sp³-hybridized carbons (Fsp3) is 0.571. The minimum absolute atomic E-state index is 0.359.